The lowest BCUT2D eigenvalue weighted by Gasteiger charge is -2.21. The fraction of sp³-hybridized carbons (Fsp3) is 0.278. The van der Waals surface area contributed by atoms with Crippen molar-refractivity contribution in [2.24, 2.45) is 5.73 Å². The van der Waals surface area contributed by atoms with E-state index in [0.717, 1.165) is 16.9 Å². The largest absolute Gasteiger partial charge is 0.494 e. The van der Waals surface area contributed by atoms with Crippen LogP contribution in [0.2, 0.25) is 0 Å². The summed E-state index contributed by atoms with van der Waals surface area (Å²) in [5, 5.41) is 0. The Morgan fingerprint density at radius 1 is 1.13 bits per heavy atom. The summed E-state index contributed by atoms with van der Waals surface area (Å²) >= 11 is 0. The number of nitrogens with two attached hydrogens (primary N) is 1. The molecule has 0 aliphatic carbocycles. The average Bonchev–Trinajstić information content (AvgIpc) is 2.56. The first-order chi connectivity index (χ1) is 10.6. The number of hydrogen-bond acceptors (Lipinski definition) is 3. The lowest BCUT2D eigenvalue weighted by atomic mass is 10.1. The molecule has 2 rings (SSSR count). The fourth-order valence-electron chi connectivity index (χ4n) is 2.25. The van der Waals surface area contributed by atoms with Crippen LogP contribution < -0.4 is 10.5 Å². The molecule has 0 radical (unpaired) electrons. The van der Waals surface area contributed by atoms with Gasteiger partial charge in [-0.1, -0.05) is 42.5 Å². The summed E-state index contributed by atoms with van der Waals surface area (Å²) in [6.45, 7) is 3.11. The molecule has 23 heavy (non-hydrogen) atoms. The number of amides is 1. The molecule has 2 N–H and O–H groups in total. The zero-order valence-electron chi connectivity index (χ0n) is 13.4. The zero-order chi connectivity index (χ0) is 15.9. The summed E-state index contributed by atoms with van der Waals surface area (Å²) in [6.07, 6.45) is 0. The van der Waals surface area contributed by atoms with Crippen LogP contribution in [-0.4, -0.2) is 24.5 Å². The topological polar surface area (TPSA) is 55.6 Å². The second kappa shape index (κ2) is 9.18. The maximum atomic E-state index is 12.4. The van der Waals surface area contributed by atoms with Crippen LogP contribution in [0.1, 0.15) is 24.1 Å². The first-order valence-corrected chi connectivity index (χ1v) is 7.39. The van der Waals surface area contributed by atoms with Gasteiger partial charge in [-0.2, -0.15) is 0 Å². The SMILES string of the molecule is CCOc1ccc(CN(C)C(=O)C(N)c2ccccc2)cc1.Cl. The predicted octanol–water partition coefficient (Wildman–Crippen LogP) is 3.17. The molecule has 1 unspecified atom stereocenters. The summed E-state index contributed by atoms with van der Waals surface area (Å²) < 4.78 is 5.41. The van der Waals surface area contributed by atoms with Crippen molar-refractivity contribution in [1.82, 2.24) is 4.90 Å². The van der Waals surface area contributed by atoms with Gasteiger partial charge >= 0.3 is 0 Å². The summed E-state index contributed by atoms with van der Waals surface area (Å²) in [4.78, 5) is 14.0. The monoisotopic (exact) mass is 334 g/mol. The van der Waals surface area contributed by atoms with Crippen molar-refractivity contribution in [3.63, 3.8) is 0 Å². The maximum absolute atomic E-state index is 12.4. The van der Waals surface area contributed by atoms with E-state index in [0.29, 0.717) is 13.2 Å². The molecular formula is C18H23ClN2O2. The second-order valence-corrected chi connectivity index (χ2v) is 5.16. The van der Waals surface area contributed by atoms with Crippen molar-refractivity contribution in [2.75, 3.05) is 13.7 Å². The molecule has 0 aliphatic heterocycles. The number of halogens is 1. The first-order valence-electron chi connectivity index (χ1n) is 7.39. The number of ether oxygens (including phenoxy) is 1. The van der Waals surface area contributed by atoms with E-state index in [4.69, 9.17) is 10.5 Å². The molecule has 0 spiro atoms. The molecule has 5 heteroatoms. The second-order valence-electron chi connectivity index (χ2n) is 5.16. The van der Waals surface area contributed by atoms with Gasteiger partial charge in [0.1, 0.15) is 11.8 Å². The van der Waals surface area contributed by atoms with Crippen molar-refractivity contribution in [3.05, 3.63) is 65.7 Å². The molecule has 0 saturated carbocycles. The van der Waals surface area contributed by atoms with Gasteiger partial charge in [-0.15, -0.1) is 12.4 Å². The molecule has 1 amide bonds. The van der Waals surface area contributed by atoms with E-state index < -0.39 is 6.04 Å². The summed E-state index contributed by atoms with van der Waals surface area (Å²) in [5.74, 6) is 0.737. The van der Waals surface area contributed by atoms with E-state index in [-0.39, 0.29) is 18.3 Å². The van der Waals surface area contributed by atoms with Crippen molar-refractivity contribution >= 4 is 18.3 Å². The van der Waals surface area contributed by atoms with E-state index in [9.17, 15) is 4.79 Å². The number of likely N-dealkylation sites (N-methyl/N-ethyl adjacent to an activating group) is 1. The molecule has 2 aromatic carbocycles. The van der Waals surface area contributed by atoms with Crippen LogP contribution in [0.3, 0.4) is 0 Å². The third-order valence-corrected chi connectivity index (χ3v) is 3.46. The van der Waals surface area contributed by atoms with Gasteiger partial charge in [0.25, 0.3) is 0 Å². The molecule has 0 aromatic heterocycles. The van der Waals surface area contributed by atoms with Crippen molar-refractivity contribution in [3.8, 4) is 5.75 Å². The fourth-order valence-corrected chi connectivity index (χ4v) is 2.25. The number of rotatable bonds is 6. The maximum Gasteiger partial charge on any atom is 0.244 e. The molecule has 0 saturated heterocycles. The summed E-state index contributed by atoms with van der Waals surface area (Å²) in [7, 11) is 1.77. The minimum absolute atomic E-state index is 0. The van der Waals surface area contributed by atoms with Crippen LogP contribution in [0.4, 0.5) is 0 Å². The smallest absolute Gasteiger partial charge is 0.244 e. The van der Waals surface area contributed by atoms with E-state index in [1.807, 2.05) is 61.5 Å². The predicted molar refractivity (Wildman–Crippen MR) is 94.7 cm³/mol. The van der Waals surface area contributed by atoms with Gasteiger partial charge in [0, 0.05) is 13.6 Å². The Labute approximate surface area is 143 Å². The third-order valence-electron chi connectivity index (χ3n) is 3.46. The number of carbonyl (C=O) groups excluding carboxylic acids is 1. The number of hydrogen-bond donors (Lipinski definition) is 1. The summed E-state index contributed by atoms with van der Waals surface area (Å²) in [6, 6.07) is 16.5. The Hall–Kier alpha value is -2.04. The Kier molecular flexibility index (Phi) is 7.59. The molecule has 4 nitrogen and oxygen atoms in total. The average molecular weight is 335 g/mol. The molecule has 0 aliphatic rings. The quantitative estimate of drug-likeness (QED) is 0.882. The highest BCUT2D eigenvalue weighted by atomic mass is 35.5. The van der Waals surface area contributed by atoms with Crippen molar-refractivity contribution < 1.29 is 9.53 Å². The van der Waals surface area contributed by atoms with Crippen molar-refractivity contribution in [1.29, 1.82) is 0 Å². The minimum Gasteiger partial charge on any atom is -0.494 e. The summed E-state index contributed by atoms with van der Waals surface area (Å²) in [5.41, 5.74) is 7.91. The van der Waals surface area contributed by atoms with Crippen LogP contribution >= 0.6 is 12.4 Å². The lowest BCUT2D eigenvalue weighted by molar-refractivity contribution is -0.131. The zero-order valence-corrected chi connectivity index (χ0v) is 14.3. The number of nitrogens with zero attached hydrogens (tertiary/aromatic N) is 1. The molecule has 1 atom stereocenters. The van der Waals surface area contributed by atoms with Gasteiger partial charge < -0.3 is 15.4 Å². The molecule has 0 heterocycles. The Balaban J connectivity index is 0.00000264. The van der Waals surface area contributed by atoms with Gasteiger partial charge in [0.2, 0.25) is 5.91 Å². The van der Waals surface area contributed by atoms with Gasteiger partial charge in [0.15, 0.2) is 0 Å². The first kappa shape index (κ1) is 19.0. The minimum atomic E-state index is -0.631. The normalized spacial score (nSPS) is 11.3. The van der Waals surface area contributed by atoms with Gasteiger partial charge in [-0.25, -0.2) is 0 Å². The van der Waals surface area contributed by atoms with E-state index in [1.54, 1.807) is 11.9 Å². The van der Waals surface area contributed by atoms with Crippen molar-refractivity contribution in [2.45, 2.75) is 19.5 Å². The molecular weight excluding hydrogens is 312 g/mol. The van der Waals surface area contributed by atoms with Crippen LogP contribution in [0, 0.1) is 0 Å². The molecule has 0 fully saturated rings. The van der Waals surface area contributed by atoms with Gasteiger partial charge in [0.05, 0.1) is 6.61 Å². The van der Waals surface area contributed by atoms with Crippen LogP contribution in [0.5, 0.6) is 5.75 Å². The molecule has 124 valence electrons. The Morgan fingerprint density at radius 3 is 2.30 bits per heavy atom. The van der Waals surface area contributed by atoms with E-state index >= 15 is 0 Å². The van der Waals surface area contributed by atoms with Crippen LogP contribution in [0.25, 0.3) is 0 Å². The highest BCUT2D eigenvalue weighted by molar-refractivity contribution is 5.85. The lowest BCUT2D eigenvalue weighted by Crippen LogP contribution is -2.35. The standard InChI is InChI=1S/C18H22N2O2.ClH/c1-3-22-16-11-9-14(10-12-16)13-20(2)18(21)17(19)15-7-5-4-6-8-15;/h4-12,17H,3,13,19H2,1-2H3;1H. The van der Waals surface area contributed by atoms with Crippen LogP contribution in [0.15, 0.2) is 54.6 Å². The van der Waals surface area contributed by atoms with Crippen LogP contribution in [-0.2, 0) is 11.3 Å². The third kappa shape index (κ3) is 5.27. The van der Waals surface area contributed by atoms with Gasteiger partial charge in [-0.05, 0) is 30.2 Å². The highest BCUT2D eigenvalue weighted by Gasteiger charge is 2.19. The number of carbonyl (C=O) groups is 1. The highest BCUT2D eigenvalue weighted by Crippen LogP contribution is 2.16. The van der Waals surface area contributed by atoms with E-state index in [1.165, 1.54) is 0 Å². The number of benzene rings is 2. The Morgan fingerprint density at radius 2 is 1.74 bits per heavy atom. The van der Waals surface area contributed by atoms with E-state index in [2.05, 4.69) is 0 Å². The molecule has 0 bridgehead atoms. The Bertz CT molecular complexity index is 602. The van der Waals surface area contributed by atoms with Gasteiger partial charge in [-0.3, -0.25) is 4.79 Å². The molecule has 2 aromatic rings.